The number of carbonyl (C=O) groups is 2. The third kappa shape index (κ3) is 3.97. The molecular weight excluding hydrogens is 328 g/mol. The van der Waals surface area contributed by atoms with Gasteiger partial charge in [0.2, 0.25) is 0 Å². The summed E-state index contributed by atoms with van der Waals surface area (Å²) in [6.45, 7) is 4.29. The number of fused-ring (bicyclic) bond motifs is 1. The molecule has 0 spiro atoms. The quantitative estimate of drug-likeness (QED) is 0.668. The highest BCUT2D eigenvalue weighted by Crippen LogP contribution is 2.22. The number of hydrogen-bond acceptors (Lipinski definition) is 3. The number of urea groups is 1. The van der Waals surface area contributed by atoms with E-state index in [0.717, 1.165) is 16.5 Å². The molecule has 0 saturated carbocycles. The lowest BCUT2D eigenvalue weighted by molar-refractivity contribution is 0.102. The molecule has 132 valence electrons. The van der Waals surface area contributed by atoms with Crippen LogP contribution < -0.4 is 16.0 Å². The standard InChI is InChI=1S/C20H20N4O2/c1-3-21-20(26)23-16-8-6-13(2)18(12-16)24-19(25)15-7-9-17-14(11-15)5-4-10-22-17/h4-12H,3H2,1-2H3,(H,24,25)(H2,21,23,26). The highest BCUT2D eigenvalue weighted by Gasteiger charge is 2.10. The van der Waals surface area contributed by atoms with Crippen LogP contribution in [0.3, 0.4) is 0 Å². The average Bonchev–Trinajstić information content (AvgIpc) is 2.64. The Morgan fingerprint density at radius 3 is 2.69 bits per heavy atom. The van der Waals surface area contributed by atoms with Gasteiger partial charge in [0, 0.05) is 35.1 Å². The van der Waals surface area contributed by atoms with E-state index in [9.17, 15) is 9.59 Å². The van der Waals surface area contributed by atoms with E-state index >= 15 is 0 Å². The zero-order valence-corrected chi connectivity index (χ0v) is 14.7. The lowest BCUT2D eigenvalue weighted by atomic mass is 10.1. The molecular formula is C20H20N4O2. The summed E-state index contributed by atoms with van der Waals surface area (Å²) in [6, 6.07) is 14.2. The average molecular weight is 348 g/mol. The predicted molar refractivity (Wildman–Crippen MR) is 104 cm³/mol. The molecule has 2 aromatic carbocycles. The smallest absolute Gasteiger partial charge is 0.319 e. The van der Waals surface area contributed by atoms with Crippen molar-refractivity contribution in [2.24, 2.45) is 0 Å². The third-order valence-electron chi connectivity index (χ3n) is 3.95. The number of carbonyl (C=O) groups excluding carboxylic acids is 2. The summed E-state index contributed by atoms with van der Waals surface area (Å²) >= 11 is 0. The van der Waals surface area contributed by atoms with Gasteiger partial charge in [-0.25, -0.2) is 4.79 Å². The molecule has 0 radical (unpaired) electrons. The van der Waals surface area contributed by atoms with Gasteiger partial charge in [-0.2, -0.15) is 0 Å². The van der Waals surface area contributed by atoms with E-state index in [2.05, 4.69) is 20.9 Å². The van der Waals surface area contributed by atoms with E-state index in [0.29, 0.717) is 23.5 Å². The van der Waals surface area contributed by atoms with Gasteiger partial charge >= 0.3 is 6.03 Å². The Labute approximate surface area is 151 Å². The second-order valence-corrected chi connectivity index (χ2v) is 5.88. The fraction of sp³-hybridized carbons (Fsp3) is 0.150. The van der Waals surface area contributed by atoms with Crippen LogP contribution in [0.1, 0.15) is 22.8 Å². The van der Waals surface area contributed by atoms with Crippen LogP contribution in [0.2, 0.25) is 0 Å². The summed E-state index contributed by atoms with van der Waals surface area (Å²) in [4.78, 5) is 28.5. The molecule has 6 heteroatoms. The topological polar surface area (TPSA) is 83.1 Å². The van der Waals surface area contributed by atoms with E-state index in [-0.39, 0.29) is 11.9 Å². The number of anilines is 2. The first-order chi connectivity index (χ1) is 12.6. The van der Waals surface area contributed by atoms with Gasteiger partial charge < -0.3 is 16.0 Å². The van der Waals surface area contributed by atoms with Crippen LogP contribution in [0.5, 0.6) is 0 Å². The maximum Gasteiger partial charge on any atom is 0.319 e. The molecule has 1 aromatic heterocycles. The summed E-state index contributed by atoms with van der Waals surface area (Å²) in [7, 11) is 0. The van der Waals surface area contributed by atoms with Crippen molar-refractivity contribution in [3.05, 3.63) is 65.9 Å². The van der Waals surface area contributed by atoms with Crippen molar-refractivity contribution in [1.29, 1.82) is 0 Å². The predicted octanol–water partition coefficient (Wildman–Crippen LogP) is 3.94. The molecule has 0 bridgehead atoms. The number of amides is 3. The number of pyridine rings is 1. The highest BCUT2D eigenvalue weighted by molar-refractivity contribution is 6.06. The summed E-state index contributed by atoms with van der Waals surface area (Å²) in [5.41, 5.74) is 3.55. The highest BCUT2D eigenvalue weighted by atomic mass is 16.2. The van der Waals surface area contributed by atoms with E-state index < -0.39 is 0 Å². The molecule has 0 aliphatic heterocycles. The fourth-order valence-electron chi connectivity index (χ4n) is 2.58. The van der Waals surface area contributed by atoms with Crippen molar-refractivity contribution in [1.82, 2.24) is 10.3 Å². The lowest BCUT2D eigenvalue weighted by Gasteiger charge is -2.12. The van der Waals surface area contributed by atoms with Crippen LogP contribution in [0, 0.1) is 6.92 Å². The molecule has 1 heterocycles. The monoisotopic (exact) mass is 348 g/mol. The molecule has 0 aliphatic carbocycles. The summed E-state index contributed by atoms with van der Waals surface area (Å²) in [6.07, 6.45) is 1.72. The molecule has 26 heavy (non-hydrogen) atoms. The van der Waals surface area contributed by atoms with Gasteiger partial charge in [0.1, 0.15) is 0 Å². The minimum absolute atomic E-state index is 0.214. The Kier molecular flexibility index (Phi) is 5.12. The first kappa shape index (κ1) is 17.4. The number of nitrogens with zero attached hydrogens (tertiary/aromatic N) is 1. The maximum atomic E-state index is 12.6. The van der Waals surface area contributed by atoms with Gasteiger partial charge in [0.25, 0.3) is 5.91 Å². The molecule has 0 aliphatic rings. The van der Waals surface area contributed by atoms with Gasteiger partial charge in [0.15, 0.2) is 0 Å². The van der Waals surface area contributed by atoms with Crippen molar-refractivity contribution in [2.75, 3.05) is 17.2 Å². The maximum absolute atomic E-state index is 12.6. The number of aryl methyl sites for hydroxylation is 1. The van der Waals surface area contributed by atoms with E-state index in [1.807, 2.05) is 44.2 Å². The Balaban J connectivity index is 1.80. The minimum Gasteiger partial charge on any atom is -0.338 e. The number of hydrogen-bond donors (Lipinski definition) is 3. The van der Waals surface area contributed by atoms with Gasteiger partial charge in [0.05, 0.1) is 5.52 Å². The van der Waals surface area contributed by atoms with Crippen molar-refractivity contribution in [3.63, 3.8) is 0 Å². The van der Waals surface area contributed by atoms with Crippen molar-refractivity contribution in [2.45, 2.75) is 13.8 Å². The van der Waals surface area contributed by atoms with Crippen LogP contribution in [-0.2, 0) is 0 Å². The second-order valence-electron chi connectivity index (χ2n) is 5.88. The number of rotatable bonds is 4. The molecule has 0 unspecified atom stereocenters. The van der Waals surface area contributed by atoms with Gasteiger partial charge in [-0.3, -0.25) is 9.78 Å². The first-order valence-corrected chi connectivity index (χ1v) is 8.38. The lowest BCUT2D eigenvalue weighted by Crippen LogP contribution is -2.28. The van der Waals surface area contributed by atoms with Crippen molar-refractivity contribution < 1.29 is 9.59 Å². The van der Waals surface area contributed by atoms with Crippen LogP contribution >= 0.6 is 0 Å². The molecule has 0 fully saturated rings. The molecule has 3 N–H and O–H groups in total. The van der Waals surface area contributed by atoms with E-state index in [4.69, 9.17) is 0 Å². The van der Waals surface area contributed by atoms with Crippen LogP contribution in [-0.4, -0.2) is 23.5 Å². The zero-order chi connectivity index (χ0) is 18.5. The summed E-state index contributed by atoms with van der Waals surface area (Å²) in [5.74, 6) is -0.214. The fourth-order valence-corrected chi connectivity index (χ4v) is 2.58. The molecule has 3 amide bonds. The zero-order valence-electron chi connectivity index (χ0n) is 14.7. The molecule has 3 aromatic rings. The molecule has 3 rings (SSSR count). The number of nitrogens with one attached hydrogen (secondary N) is 3. The first-order valence-electron chi connectivity index (χ1n) is 8.38. The van der Waals surface area contributed by atoms with E-state index in [1.54, 1.807) is 24.4 Å². The van der Waals surface area contributed by atoms with E-state index in [1.165, 1.54) is 0 Å². The van der Waals surface area contributed by atoms with Crippen molar-refractivity contribution >= 4 is 34.2 Å². The van der Waals surface area contributed by atoms with Gasteiger partial charge in [-0.05, 0) is 55.8 Å². The Hall–Kier alpha value is -3.41. The van der Waals surface area contributed by atoms with Gasteiger partial charge in [-0.15, -0.1) is 0 Å². The molecule has 6 nitrogen and oxygen atoms in total. The summed E-state index contributed by atoms with van der Waals surface area (Å²) in [5, 5.41) is 9.22. The second kappa shape index (κ2) is 7.65. The van der Waals surface area contributed by atoms with Gasteiger partial charge in [-0.1, -0.05) is 12.1 Å². The Morgan fingerprint density at radius 1 is 1.04 bits per heavy atom. The minimum atomic E-state index is -0.282. The van der Waals surface area contributed by atoms with Crippen LogP contribution in [0.4, 0.5) is 16.2 Å². The molecule has 0 atom stereocenters. The van der Waals surface area contributed by atoms with Crippen molar-refractivity contribution in [3.8, 4) is 0 Å². The largest absolute Gasteiger partial charge is 0.338 e. The number of aromatic nitrogens is 1. The normalized spacial score (nSPS) is 10.4. The third-order valence-corrected chi connectivity index (χ3v) is 3.95. The summed E-state index contributed by atoms with van der Waals surface area (Å²) < 4.78 is 0. The van der Waals surface area contributed by atoms with Crippen LogP contribution in [0.25, 0.3) is 10.9 Å². The Bertz CT molecular complexity index is 969. The van der Waals surface area contributed by atoms with Crippen LogP contribution in [0.15, 0.2) is 54.7 Å². The number of benzene rings is 2. The SMILES string of the molecule is CCNC(=O)Nc1ccc(C)c(NC(=O)c2ccc3ncccc3c2)c1. The molecule has 0 saturated heterocycles. The Morgan fingerprint density at radius 2 is 1.88 bits per heavy atom.